The summed E-state index contributed by atoms with van der Waals surface area (Å²) in [6, 6.07) is 15.4. The Kier molecular flexibility index (Phi) is 3.97. The molecule has 3 rings (SSSR count). The van der Waals surface area contributed by atoms with Crippen LogP contribution in [0.3, 0.4) is 0 Å². The first-order valence-electron chi connectivity index (χ1n) is 6.96. The number of aromatic nitrogens is 2. The monoisotopic (exact) mass is 292 g/mol. The predicted octanol–water partition coefficient (Wildman–Crippen LogP) is 3.26. The lowest BCUT2D eigenvalue weighted by Gasteiger charge is -2.08. The Morgan fingerprint density at radius 2 is 1.82 bits per heavy atom. The molecule has 0 spiro atoms. The van der Waals surface area contributed by atoms with Crippen LogP contribution in [-0.4, -0.2) is 16.7 Å². The van der Waals surface area contributed by atoms with E-state index in [0.717, 1.165) is 28.4 Å². The minimum Gasteiger partial charge on any atom is -0.497 e. The average molecular weight is 292 g/mol. The van der Waals surface area contributed by atoms with Crippen molar-refractivity contribution in [3.05, 3.63) is 54.4 Å². The molecule has 0 aliphatic heterocycles. The van der Waals surface area contributed by atoms with E-state index in [-0.39, 0.29) is 0 Å². The Balaban J connectivity index is 1.83. The second-order valence-corrected chi connectivity index (χ2v) is 4.77. The SMILES string of the molecule is C#CCn1c(COc2ccc(OC)cc2)nc2ccccc21. The topological polar surface area (TPSA) is 36.3 Å². The van der Waals surface area contributed by atoms with Crippen molar-refractivity contribution in [2.45, 2.75) is 13.2 Å². The minimum atomic E-state index is 0.364. The molecule has 0 radical (unpaired) electrons. The third kappa shape index (κ3) is 2.75. The van der Waals surface area contributed by atoms with E-state index in [1.54, 1.807) is 7.11 Å². The maximum atomic E-state index is 5.80. The van der Waals surface area contributed by atoms with Gasteiger partial charge in [0.25, 0.3) is 0 Å². The van der Waals surface area contributed by atoms with E-state index >= 15 is 0 Å². The molecule has 0 amide bonds. The van der Waals surface area contributed by atoms with Crippen LogP contribution >= 0.6 is 0 Å². The van der Waals surface area contributed by atoms with E-state index in [1.165, 1.54) is 0 Å². The zero-order chi connectivity index (χ0) is 15.4. The van der Waals surface area contributed by atoms with E-state index in [4.69, 9.17) is 15.9 Å². The molecule has 4 heteroatoms. The molecule has 0 aliphatic rings. The summed E-state index contributed by atoms with van der Waals surface area (Å²) >= 11 is 0. The first-order chi connectivity index (χ1) is 10.8. The highest BCUT2D eigenvalue weighted by Gasteiger charge is 2.10. The predicted molar refractivity (Wildman–Crippen MR) is 85.9 cm³/mol. The molecule has 0 unspecified atom stereocenters. The molecule has 2 aromatic carbocycles. The zero-order valence-electron chi connectivity index (χ0n) is 12.3. The Morgan fingerprint density at radius 3 is 2.55 bits per heavy atom. The number of methoxy groups -OCH3 is 1. The number of nitrogens with zero attached hydrogens (tertiary/aromatic N) is 2. The van der Waals surface area contributed by atoms with E-state index in [0.29, 0.717) is 13.2 Å². The van der Waals surface area contributed by atoms with Gasteiger partial charge in [0.1, 0.15) is 23.9 Å². The lowest BCUT2D eigenvalue weighted by atomic mass is 10.3. The van der Waals surface area contributed by atoms with Crippen LogP contribution in [0.1, 0.15) is 5.82 Å². The van der Waals surface area contributed by atoms with E-state index < -0.39 is 0 Å². The molecule has 0 saturated carbocycles. The first-order valence-corrected chi connectivity index (χ1v) is 6.96. The summed E-state index contributed by atoms with van der Waals surface area (Å²) in [5, 5.41) is 0. The summed E-state index contributed by atoms with van der Waals surface area (Å²) in [4.78, 5) is 4.60. The minimum absolute atomic E-state index is 0.364. The second-order valence-electron chi connectivity index (χ2n) is 4.77. The second kappa shape index (κ2) is 6.23. The maximum absolute atomic E-state index is 5.80. The zero-order valence-corrected chi connectivity index (χ0v) is 12.3. The van der Waals surface area contributed by atoms with Gasteiger partial charge >= 0.3 is 0 Å². The number of hydrogen-bond donors (Lipinski definition) is 0. The van der Waals surface area contributed by atoms with Crippen LogP contribution in [0.4, 0.5) is 0 Å². The lowest BCUT2D eigenvalue weighted by molar-refractivity contribution is 0.291. The average Bonchev–Trinajstić information content (AvgIpc) is 2.92. The van der Waals surface area contributed by atoms with Crippen molar-refractivity contribution in [2.75, 3.05) is 7.11 Å². The quantitative estimate of drug-likeness (QED) is 0.677. The molecule has 110 valence electrons. The van der Waals surface area contributed by atoms with Gasteiger partial charge < -0.3 is 14.0 Å². The molecular formula is C18H16N2O2. The number of rotatable bonds is 5. The normalized spacial score (nSPS) is 10.4. The smallest absolute Gasteiger partial charge is 0.148 e. The third-order valence-electron chi connectivity index (χ3n) is 3.41. The highest BCUT2D eigenvalue weighted by molar-refractivity contribution is 5.76. The van der Waals surface area contributed by atoms with Gasteiger partial charge in [-0.2, -0.15) is 0 Å². The van der Waals surface area contributed by atoms with Crippen molar-refractivity contribution in [1.29, 1.82) is 0 Å². The standard InChI is InChI=1S/C18H16N2O2/c1-3-12-20-17-7-5-4-6-16(17)19-18(20)13-22-15-10-8-14(21-2)9-11-15/h1,4-11H,12-13H2,2H3. The van der Waals surface area contributed by atoms with Crippen LogP contribution in [0, 0.1) is 12.3 Å². The fraction of sp³-hybridized carbons (Fsp3) is 0.167. The first kappa shape index (κ1) is 14.0. The molecule has 3 aromatic rings. The van der Waals surface area contributed by atoms with Gasteiger partial charge in [-0.05, 0) is 36.4 Å². The largest absolute Gasteiger partial charge is 0.497 e. The van der Waals surface area contributed by atoms with Crippen molar-refractivity contribution in [3.8, 4) is 23.8 Å². The molecular weight excluding hydrogens is 276 g/mol. The van der Waals surface area contributed by atoms with Crippen molar-refractivity contribution in [3.63, 3.8) is 0 Å². The van der Waals surface area contributed by atoms with E-state index in [9.17, 15) is 0 Å². The molecule has 1 aromatic heterocycles. The molecule has 22 heavy (non-hydrogen) atoms. The van der Waals surface area contributed by atoms with Crippen LogP contribution in [-0.2, 0) is 13.2 Å². The molecule has 0 N–H and O–H groups in total. The lowest BCUT2D eigenvalue weighted by Crippen LogP contribution is -2.06. The van der Waals surface area contributed by atoms with Gasteiger partial charge in [-0.1, -0.05) is 18.1 Å². The van der Waals surface area contributed by atoms with Gasteiger partial charge in [0.2, 0.25) is 0 Å². The fourth-order valence-electron chi connectivity index (χ4n) is 2.32. The van der Waals surface area contributed by atoms with Gasteiger partial charge in [-0.3, -0.25) is 0 Å². The maximum Gasteiger partial charge on any atom is 0.148 e. The Labute approximate surface area is 129 Å². The summed E-state index contributed by atoms with van der Waals surface area (Å²) in [7, 11) is 1.64. The highest BCUT2D eigenvalue weighted by Crippen LogP contribution is 2.20. The number of imidazole rings is 1. The van der Waals surface area contributed by atoms with Crippen LogP contribution in [0.5, 0.6) is 11.5 Å². The van der Waals surface area contributed by atoms with Crippen LogP contribution < -0.4 is 9.47 Å². The van der Waals surface area contributed by atoms with Gasteiger partial charge in [0, 0.05) is 0 Å². The summed E-state index contributed by atoms with van der Waals surface area (Å²) < 4.78 is 12.9. The van der Waals surface area contributed by atoms with E-state index in [2.05, 4.69) is 10.9 Å². The number of para-hydroxylation sites is 2. The highest BCUT2D eigenvalue weighted by atomic mass is 16.5. The van der Waals surface area contributed by atoms with Gasteiger partial charge in [-0.25, -0.2) is 4.98 Å². The van der Waals surface area contributed by atoms with Gasteiger partial charge in [0.15, 0.2) is 0 Å². The van der Waals surface area contributed by atoms with Crippen molar-refractivity contribution < 1.29 is 9.47 Å². The number of fused-ring (bicyclic) bond motifs is 1. The van der Waals surface area contributed by atoms with E-state index in [1.807, 2.05) is 53.1 Å². The fourth-order valence-corrected chi connectivity index (χ4v) is 2.32. The third-order valence-corrected chi connectivity index (χ3v) is 3.41. The molecule has 1 heterocycles. The summed E-state index contributed by atoms with van der Waals surface area (Å²) in [5.41, 5.74) is 1.94. The van der Waals surface area contributed by atoms with Crippen molar-refractivity contribution in [2.24, 2.45) is 0 Å². The molecule has 0 fully saturated rings. The Bertz CT molecular complexity index is 813. The number of hydrogen-bond acceptors (Lipinski definition) is 3. The van der Waals surface area contributed by atoms with Gasteiger partial charge in [-0.15, -0.1) is 6.42 Å². The summed E-state index contributed by atoms with van der Waals surface area (Å²) in [6.45, 7) is 0.838. The number of ether oxygens (including phenoxy) is 2. The number of benzene rings is 2. The Hall–Kier alpha value is -2.93. The molecule has 0 atom stereocenters. The molecule has 0 saturated heterocycles. The summed E-state index contributed by atoms with van der Waals surface area (Å²) in [5.74, 6) is 5.04. The van der Waals surface area contributed by atoms with Crippen molar-refractivity contribution in [1.82, 2.24) is 9.55 Å². The molecule has 4 nitrogen and oxygen atoms in total. The van der Waals surface area contributed by atoms with Crippen LogP contribution in [0.25, 0.3) is 11.0 Å². The number of terminal acetylenes is 1. The summed E-state index contributed by atoms with van der Waals surface area (Å²) in [6.07, 6.45) is 5.47. The van der Waals surface area contributed by atoms with Gasteiger partial charge in [0.05, 0.1) is 24.7 Å². The Morgan fingerprint density at radius 1 is 1.09 bits per heavy atom. The van der Waals surface area contributed by atoms with Crippen LogP contribution in [0.2, 0.25) is 0 Å². The molecule has 0 aliphatic carbocycles. The molecule has 0 bridgehead atoms. The van der Waals surface area contributed by atoms with Crippen molar-refractivity contribution >= 4 is 11.0 Å². The van der Waals surface area contributed by atoms with Crippen LogP contribution in [0.15, 0.2) is 48.5 Å².